The van der Waals surface area contributed by atoms with Crippen LogP contribution in [-0.4, -0.2) is 5.11 Å². The van der Waals surface area contributed by atoms with E-state index in [9.17, 15) is 5.11 Å². The SMILES string of the molecule is Cc1cccc2c1[C@@H](O)CC2. The molecule has 11 heavy (non-hydrogen) atoms. The fourth-order valence-corrected chi connectivity index (χ4v) is 1.87. The zero-order valence-electron chi connectivity index (χ0n) is 6.67. The Morgan fingerprint density at radius 3 is 3.00 bits per heavy atom. The fourth-order valence-electron chi connectivity index (χ4n) is 1.87. The van der Waals surface area contributed by atoms with Gasteiger partial charge in [0.25, 0.3) is 0 Å². The van der Waals surface area contributed by atoms with E-state index in [0.29, 0.717) is 0 Å². The Hall–Kier alpha value is -0.820. The van der Waals surface area contributed by atoms with Crippen molar-refractivity contribution in [1.29, 1.82) is 0 Å². The molecule has 0 heterocycles. The third-order valence-corrected chi connectivity index (χ3v) is 2.43. The van der Waals surface area contributed by atoms with E-state index in [1.807, 2.05) is 0 Å². The van der Waals surface area contributed by atoms with Crippen LogP contribution in [0.4, 0.5) is 0 Å². The average molecular weight is 148 g/mol. The van der Waals surface area contributed by atoms with Crippen molar-refractivity contribution in [3.8, 4) is 0 Å². The van der Waals surface area contributed by atoms with Crippen LogP contribution in [0.5, 0.6) is 0 Å². The normalized spacial score (nSPS) is 21.8. The minimum Gasteiger partial charge on any atom is -0.388 e. The second-order valence-electron chi connectivity index (χ2n) is 3.20. The summed E-state index contributed by atoms with van der Waals surface area (Å²) in [6.07, 6.45) is 1.74. The standard InChI is InChI=1S/C10H12O/c1-7-3-2-4-8-5-6-9(11)10(7)8/h2-4,9,11H,5-6H2,1H3/t9-/m0/s1. The molecule has 0 bridgehead atoms. The third kappa shape index (κ3) is 0.962. The quantitative estimate of drug-likeness (QED) is 0.596. The van der Waals surface area contributed by atoms with Crippen molar-refractivity contribution in [1.82, 2.24) is 0 Å². The van der Waals surface area contributed by atoms with E-state index in [2.05, 4.69) is 25.1 Å². The summed E-state index contributed by atoms with van der Waals surface area (Å²) in [6, 6.07) is 6.23. The van der Waals surface area contributed by atoms with Crippen LogP contribution in [0.25, 0.3) is 0 Å². The number of rotatable bonds is 0. The molecule has 0 saturated carbocycles. The van der Waals surface area contributed by atoms with E-state index >= 15 is 0 Å². The first kappa shape index (κ1) is 6.86. The van der Waals surface area contributed by atoms with E-state index in [1.165, 1.54) is 16.7 Å². The summed E-state index contributed by atoms with van der Waals surface area (Å²) < 4.78 is 0. The van der Waals surface area contributed by atoms with Gasteiger partial charge in [-0.15, -0.1) is 0 Å². The predicted molar refractivity (Wildman–Crippen MR) is 44.5 cm³/mol. The molecule has 1 heteroatoms. The molecule has 0 fully saturated rings. The second kappa shape index (κ2) is 2.35. The zero-order valence-corrected chi connectivity index (χ0v) is 6.67. The first-order valence-electron chi connectivity index (χ1n) is 4.05. The van der Waals surface area contributed by atoms with Gasteiger partial charge in [-0.25, -0.2) is 0 Å². The molecule has 0 radical (unpaired) electrons. The number of benzene rings is 1. The van der Waals surface area contributed by atoms with Crippen molar-refractivity contribution in [2.24, 2.45) is 0 Å². The highest BCUT2D eigenvalue weighted by molar-refractivity contribution is 5.39. The van der Waals surface area contributed by atoms with Crippen molar-refractivity contribution in [2.75, 3.05) is 0 Å². The van der Waals surface area contributed by atoms with Gasteiger partial charge >= 0.3 is 0 Å². The molecule has 1 atom stereocenters. The minimum absolute atomic E-state index is 0.203. The van der Waals surface area contributed by atoms with Crippen LogP contribution < -0.4 is 0 Å². The molecule has 1 nitrogen and oxygen atoms in total. The van der Waals surface area contributed by atoms with E-state index in [0.717, 1.165) is 12.8 Å². The molecule has 0 aromatic heterocycles. The van der Waals surface area contributed by atoms with Gasteiger partial charge in [0.15, 0.2) is 0 Å². The Labute approximate surface area is 66.7 Å². The molecule has 58 valence electrons. The van der Waals surface area contributed by atoms with E-state index < -0.39 is 0 Å². The van der Waals surface area contributed by atoms with Crippen LogP contribution in [0.1, 0.15) is 29.2 Å². The van der Waals surface area contributed by atoms with Gasteiger partial charge in [-0.3, -0.25) is 0 Å². The van der Waals surface area contributed by atoms with Crippen LogP contribution in [0.2, 0.25) is 0 Å². The molecule has 1 aliphatic carbocycles. The fraction of sp³-hybridized carbons (Fsp3) is 0.400. The molecule has 1 N–H and O–H groups in total. The van der Waals surface area contributed by atoms with Gasteiger partial charge in [-0.1, -0.05) is 18.2 Å². The Morgan fingerprint density at radius 1 is 1.45 bits per heavy atom. The number of hydrogen-bond donors (Lipinski definition) is 1. The summed E-state index contributed by atoms with van der Waals surface area (Å²) in [6.45, 7) is 2.06. The van der Waals surface area contributed by atoms with Crippen LogP contribution in [0, 0.1) is 6.92 Å². The van der Waals surface area contributed by atoms with Gasteiger partial charge < -0.3 is 5.11 Å². The summed E-state index contributed by atoms with van der Waals surface area (Å²) in [4.78, 5) is 0. The highest BCUT2D eigenvalue weighted by Crippen LogP contribution is 2.32. The van der Waals surface area contributed by atoms with Gasteiger partial charge in [0.05, 0.1) is 6.10 Å². The Balaban J connectivity index is 2.58. The lowest BCUT2D eigenvalue weighted by atomic mass is 10.0. The van der Waals surface area contributed by atoms with Crippen molar-refractivity contribution >= 4 is 0 Å². The lowest BCUT2D eigenvalue weighted by Gasteiger charge is -2.06. The van der Waals surface area contributed by atoms with Crippen molar-refractivity contribution in [3.63, 3.8) is 0 Å². The maximum absolute atomic E-state index is 9.56. The second-order valence-corrected chi connectivity index (χ2v) is 3.20. The zero-order chi connectivity index (χ0) is 7.84. The lowest BCUT2D eigenvalue weighted by Crippen LogP contribution is -1.93. The average Bonchev–Trinajstić information content (AvgIpc) is 2.34. The molecule has 1 aromatic carbocycles. The number of aliphatic hydroxyl groups excluding tert-OH is 1. The largest absolute Gasteiger partial charge is 0.388 e. The first-order valence-corrected chi connectivity index (χ1v) is 4.05. The molecule has 0 saturated heterocycles. The van der Waals surface area contributed by atoms with Crippen molar-refractivity contribution in [3.05, 3.63) is 34.9 Å². The van der Waals surface area contributed by atoms with E-state index in [4.69, 9.17) is 0 Å². The number of aryl methyl sites for hydroxylation is 2. The summed E-state index contributed by atoms with van der Waals surface area (Å²) in [5.74, 6) is 0. The summed E-state index contributed by atoms with van der Waals surface area (Å²) in [5, 5.41) is 9.56. The van der Waals surface area contributed by atoms with Crippen molar-refractivity contribution < 1.29 is 5.11 Å². The molecule has 1 aliphatic rings. The van der Waals surface area contributed by atoms with Crippen LogP contribution in [0.15, 0.2) is 18.2 Å². The molecule has 1 aromatic rings. The molecular weight excluding hydrogens is 136 g/mol. The number of aliphatic hydroxyl groups is 1. The Morgan fingerprint density at radius 2 is 2.27 bits per heavy atom. The highest BCUT2D eigenvalue weighted by atomic mass is 16.3. The summed E-state index contributed by atoms with van der Waals surface area (Å²) >= 11 is 0. The highest BCUT2D eigenvalue weighted by Gasteiger charge is 2.20. The Kier molecular flexibility index (Phi) is 1.46. The summed E-state index contributed by atoms with van der Waals surface area (Å²) in [7, 11) is 0. The molecule has 0 aliphatic heterocycles. The monoisotopic (exact) mass is 148 g/mol. The topological polar surface area (TPSA) is 20.2 Å². The summed E-state index contributed by atoms with van der Waals surface area (Å²) in [5.41, 5.74) is 3.73. The van der Waals surface area contributed by atoms with Gasteiger partial charge in [-0.05, 0) is 36.5 Å². The van der Waals surface area contributed by atoms with Crippen molar-refractivity contribution in [2.45, 2.75) is 25.9 Å². The molecular formula is C10H12O. The molecule has 0 unspecified atom stereocenters. The third-order valence-electron chi connectivity index (χ3n) is 2.43. The van der Waals surface area contributed by atoms with E-state index in [1.54, 1.807) is 0 Å². The maximum Gasteiger partial charge on any atom is 0.0798 e. The molecule has 2 rings (SSSR count). The molecule has 0 amide bonds. The van der Waals surface area contributed by atoms with Gasteiger partial charge in [0.1, 0.15) is 0 Å². The van der Waals surface area contributed by atoms with E-state index in [-0.39, 0.29) is 6.10 Å². The minimum atomic E-state index is -0.203. The maximum atomic E-state index is 9.56. The van der Waals surface area contributed by atoms with Crippen LogP contribution in [-0.2, 0) is 6.42 Å². The van der Waals surface area contributed by atoms with Gasteiger partial charge in [0, 0.05) is 0 Å². The molecule has 0 spiro atoms. The van der Waals surface area contributed by atoms with Gasteiger partial charge in [-0.2, -0.15) is 0 Å². The van der Waals surface area contributed by atoms with Crippen LogP contribution >= 0.6 is 0 Å². The smallest absolute Gasteiger partial charge is 0.0798 e. The lowest BCUT2D eigenvalue weighted by molar-refractivity contribution is 0.179. The first-order chi connectivity index (χ1) is 5.29. The van der Waals surface area contributed by atoms with Gasteiger partial charge in [0.2, 0.25) is 0 Å². The number of hydrogen-bond acceptors (Lipinski definition) is 1. The Bertz CT molecular complexity index is 278. The van der Waals surface area contributed by atoms with Crippen LogP contribution in [0.3, 0.4) is 0 Å². The number of fused-ring (bicyclic) bond motifs is 1. The predicted octanol–water partition coefficient (Wildman–Crippen LogP) is 1.97.